The second kappa shape index (κ2) is 9.63. The summed E-state index contributed by atoms with van der Waals surface area (Å²) in [7, 11) is 0. The number of rotatable bonds is 5. The molecule has 1 aliphatic heterocycles. The van der Waals surface area contributed by atoms with E-state index in [4.69, 9.17) is 16.3 Å². The molecule has 3 nitrogen and oxygen atoms in total. The Kier molecular flexibility index (Phi) is 6.49. The van der Waals surface area contributed by atoms with Crippen molar-refractivity contribution >= 4 is 11.6 Å². The fraction of sp³-hybridized carbons (Fsp3) is 0.192. The molecule has 0 atom stereocenters. The van der Waals surface area contributed by atoms with Crippen molar-refractivity contribution in [2.24, 2.45) is 0 Å². The molecule has 3 aromatic rings. The third kappa shape index (κ3) is 5.30. The summed E-state index contributed by atoms with van der Waals surface area (Å²) in [6.07, 6.45) is 6.23. The molecular formula is C26H23ClN2O. The molecule has 150 valence electrons. The maximum Gasteiger partial charge on any atom is 0.122 e. The number of hydrogen-bond donors (Lipinski definition) is 0. The van der Waals surface area contributed by atoms with E-state index in [2.05, 4.69) is 46.9 Å². The van der Waals surface area contributed by atoms with Crippen molar-refractivity contribution in [1.29, 1.82) is 0 Å². The van der Waals surface area contributed by atoms with Gasteiger partial charge in [-0.25, -0.2) is 4.98 Å². The van der Waals surface area contributed by atoms with Gasteiger partial charge >= 0.3 is 0 Å². The van der Waals surface area contributed by atoms with Crippen molar-refractivity contribution in [3.05, 3.63) is 94.8 Å². The molecule has 0 aliphatic carbocycles. The molecule has 0 amide bonds. The Morgan fingerprint density at radius 1 is 0.967 bits per heavy atom. The molecule has 4 heteroatoms. The molecule has 0 unspecified atom stereocenters. The Labute approximate surface area is 183 Å². The lowest BCUT2D eigenvalue weighted by Gasteiger charge is -2.16. The first-order valence-corrected chi connectivity index (χ1v) is 10.4. The lowest BCUT2D eigenvalue weighted by Crippen LogP contribution is -2.25. The molecule has 0 saturated heterocycles. The van der Waals surface area contributed by atoms with Crippen molar-refractivity contribution in [2.45, 2.75) is 6.92 Å². The minimum Gasteiger partial charge on any atom is -0.492 e. The monoisotopic (exact) mass is 414 g/mol. The minimum atomic E-state index is 0.692. The Morgan fingerprint density at radius 3 is 2.43 bits per heavy atom. The Hall–Kier alpha value is -3.06. The number of pyridine rings is 1. The highest BCUT2D eigenvalue weighted by Gasteiger charge is 2.07. The van der Waals surface area contributed by atoms with Crippen LogP contribution in [0.5, 0.6) is 5.75 Å². The van der Waals surface area contributed by atoms with Crippen LogP contribution in [0.25, 0.3) is 11.1 Å². The SMILES string of the molecule is Cc1cc(C#Cc2ccc(-c3ccc(Cl)cc3)cn2)ccc1OCCN1CC=CC1. The number of halogens is 1. The second-order valence-electron chi connectivity index (χ2n) is 7.25. The van der Waals surface area contributed by atoms with Crippen LogP contribution in [-0.4, -0.2) is 36.1 Å². The fourth-order valence-corrected chi connectivity index (χ4v) is 3.42. The van der Waals surface area contributed by atoms with Crippen LogP contribution in [0.2, 0.25) is 5.02 Å². The summed E-state index contributed by atoms with van der Waals surface area (Å²) in [5.41, 5.74) is 4.90. The molecule has 2 heterocycles. The van der Waals surface area contributed by atoms with Crippen LogP contribution in [0, 0.1) is 18.8 Å². The van der Waals surface area contributed by atoms with Gasteiger partial charge in [0, 0.05) is 42.0 Å². The zero-order valence-electron chi connectivity index (χ0n) is 16.9. The topological polar surface area (TPSA) is 25.4 Å². The van der Waals surface area contributed by atoms with Crippen LogP contribution in [0.3, 0.4) is 0 Å². The third-order valence-electron chi connectivity index (χ3n) is 5.01. The molecule has 0 fully saturated rings. The Bertz CT molecular complexity index is 1080. The smallest absolute Gasteiger partial charge is 0.122 e. The van der Waals surface area contributed by atoms with Gasteiger partial charge in [0.2, 0.25) is 0 Å². The molecule has 0 saturated carbocycles. The van der Waals surface area contributed by atoms with Gasteiger partial charge in [-0.15, -0.1) is 0 Å². The average molecular weight is 415 g/mol. The van der Waals surface area contributed by atoms with E-state index in [1.54, 1.807) is 0 Å². The van der Waals surface area contributed by atoms with E-state index in [1.807, 2.05) is 54.7 Å². The quantitative estimate of drug-likeness (QED) is 0.415. The van der Waals surface area contributed by atoms with Crippen LogP contribution >= 0.6 is 11.6 Å². The first kappa shape index (κ1) is 20.2. The number of nitrogens with zero attached hydrogens (tertiary/aromatic N) is 2. The number of hydrogen-bond acceptors (Lipinski definition) is 3. The summed E-state index contributed by atoms with van der Waals surface area (Å²) < 4.78 is 5.94. The van der Waals surface area contributed by atoms with Crippen molar-refractivity contribution in [3.63, 3.8) is 0 Å². The number of aromatic nitrogens is 1. The molecule has 0 N–H and O–H groups in total. The minimum absolute atomic E-state index is 0.692. The van der Waals surface area contributed by atoms with E-state index < -0.39 is 0 Å². The van der Waals surface area contributed by atoms with Gasteiger partial charge in [0.15, 0.2) is 0 Å². The molecular weight excluding hydrogens is 392 g/mol. The summed E-state index contributed by atoms with van der Waals surface area (Å²) in [4.78, 5) is 6.82. The predicted molar refractivity (Wildman–Crippen MR) is 123 cm³/mol. The fourth-order valence-electron chi connectivity index (χ4n) is 3.30. The highest BCUT2D eigenvalue weighted by Crippen LogP contribution is 2.21. The normalized spacial score (nSPS) is 13.1. The summed E-state index contributed by atoms with van der Waals surface area (Å²) in [6, 6.07) is 17.7. The van der Waals surface area contributed by atoms with Gasteiger partial charge in [0.05, 0.1) is 0 Å². The summed E-state index contributed by atoms with van der Waals surface area (Å²) >= 11 is 5.95. The molecule has 2 aromatic carbocycles. The maximum atomic E-state index is 5.95. The maximum absolute atomic E-state index is 5.95. The van der Waals surface area contributed by atoms with Crippen LogP contribution < -0.4 is 4.74 Å². The zero-order chi connectivity index (χ0) is 20.8. The van der Waals surface area contributed by atoms with E-state index in [1.165, 1.54) is 0 Å². The molecule has 1 aliphatic rings. The number of benzene rings is 2. The zero-order valence-corrected chi connectivity index (χ0v) is 17.7. The van der Waals surface area contributed by atoms with Crippen LogP contribution in [0.4, 0.5) is 0 Å². The van der Waals surface area contributed by atoms with Crippen molar-refractivity contribution < 1.29 is 4.74 Å². The third-order valence-corrected chi connectivity index (χ3v) is 5.26. The van der Waals surface area contributed by atoms with Gasteiger partial charge in [-0.05, 0) is 60.4 Å². The van der Waals surface area contributed by atoms with Crippen molar-refractivity contribution in [2.75, 3.05) is 26.2 Å². The molecule has 0 spiro atoms. The van der Waals surface area contributed by atoms with Crippen molar-refractivity contribution in [1.82, 2.24) is 9.88 Å². The summed E-state index contributed by atoms with van der Waals surface area (Å²) in [5, 5.41) is 0.727. The molecule has 0 bridgehead atoms. The lowest BCUT2D eigenvalue weighted by molar-refractivity contribution is 0.242. The first-order chi connectivity index (χ1) is 14.7. The van der Waals surface area contributed by atoms with Gasteiger partial charge in [0.25, 0.3) is 0 Å². The lowest BCUT2D eigenvalue weighted by atomic mass is 10.1. The highest BCUT2D eigenvalue weighted by molar-refractivity contribution is 6.30. The number of ether oxygens (including phenoxy) is 1. The Morgan fingerprint density at radius 2 is 1.73 bits per heavy atom. The van der Waals surface area contributed by atoms with Gasteiger partial charge < -0.3 is 4.74 Å². The number of aryl methyl sites for hydroxylation is 1. The van der Waals surface area contributed by atoms with E-state index in [9.17, 15) is 0 Å². The summed E-state index contributed by atoms with van der Waals surface area (Å²) in [5.74, 6) is 7.25. The standard InChI is InChI=1S/C26H23ClN2O/c1-20-18-21(5-13-26(20)30-17-16-29-14-2-3-15-29)4-11-25-12-8-23(19-28-25)22-6-9-24(27)10-7-22/h2-3,5-10,12-13,18-19H,14-17H2,1H3. The predicted octanol–water partition coefficient (Wildman–Crippen LogP) is 5.36. The van der Waals surface area contributed by atoms with E-state index >= 15 is 0 Å². The van der Waals surface area contributed by atoms with E-state index in [-0.39, 0.29) is 0 Å². The van der Waals surface area contributed by atoms with E-state index in [0.29, 0.717) is 6.61 Å². The van der Waals surface area contributed by atoms with Gasteiger partial charge in [-0.2, -0.15) is 0 Å². The molecule has 0 radical (unpaired) electrons. The second-order valence-corrected chi connectivity index (χ2v) is 7.69. The van der Waals surface area contributed by atoms with Crippen LogP contribution in [-0.2, 0) is 0 Å². The first-order valence-electron chi connectivity index (χ1n) is 10.0. The summed E-state index contributed by atoms with van der Waals surface area (Å²) in [6.45, 7) is 5.72. The molecule has 1 aromatic heterocycles. The van der Waals surface area contributed by atoms with Crippen LogP contribution in [0.15, 0.2) is 72.9 Å². The largest absolute Gasteiger partial charge is 0.492 e. The highest BCUT2D eigenvalue weighted by atomic mass is 35.5. The van der Waals surface area contributed by atoms with Gasteiger partial charge in [0.1, 0.15) is 18.1 Å². The molecule has 4 rings (SSSR count). The van der Waals surface area contributed by atoms with Crippen molar-refractivity contribution in [3.8, 4) is 28.7 Å². The van der Waals surface area contributed by atoms with Gasteiger partial charge in [-0.3, -0.25) is 4.90 Å². The molecule has 30 heavy (non-hydrogen) atoms. The Balaban J connectivity index is 1.37. The average Bonchev–Trinajstić information content (AvgIpc) is 3.28. The van der Waals surface area contributed by atoms with Gasteiger partial charge in [-0.1, -0.05) is 47.9 Å². The van der Waals surface area contributed by atoms with Crippen LogP contribution in [0.1, 0.15) is 16.8 Å². The van der Waals surface area contributed by atoms with E-state index in [0.717, 1.165) is 58.4 Å².